The van der Waals surface area contributed by atoms with Crippen LogP contribution in [-0.2, 0) is 38.0 Å². The SMILES string of the molecule is C=C(C)C(=O)OCCOCCOCCOCCO.CC(O)COC(C)COC(C)COC(C)COc1ccccc1. The Morgan fingerprint density at radius 1 is 0.732 bits per heavy atom. The van der Waals surface area contributed by atoms with Gasteiger partial charge in [-0.25, -0.2) is 4.79 Å². The molecule has 11 heteroatoms. The average Bonchev–Trinajstić information content (AvgIpc) is 2.96. The van der Waals surface area contributed by atoms with Crippen LogP contribution in [0.25, 0.3) is 0 Å². The van der Waals surface area contributed by atoms with Gasteiger partial charge < -0.3 is 48.1 Å². The minimum atomic E-state index is -0.455. The van der Waals surface area contributed by atoms with Crippen LogP contribution in [0.1, 0.15) is 34.6 Å². The zero-order chi connectivity index (χ0) is 30.7. The van der Waals surface area contributed by atoms with Crippen molar-refractivity contribution >= 4 is 5.97 Å². The lowest BCUT2D eigenvalue weighted by Crippen LogP contribution is -2.28. The van der Waals surface area contributed by atoms with Crippen molar-refractivity contribution in [3.63, 3.8) is 0 Å². The molecule has 0 aliphatic rings. The standard InChI is InChI=1S/C18H30O5.C12H22O6/c1-14(19)10-20-15(2)11-21-16(3)12-22-17(4)13-23-18-8-6-5-7-9-18;1-11(2)12(14)18-10-9-17-8-7-16-6-5-15-4-3-13/h5-9,14-17,19H,10-13H2,1-4H3;13H,1,3-10H2,2H3. The van der Waals surface area contributed by atoms with E-state index in [0.717, 1.165) is 5.75 Å². The van der Waals surface area contributed by atoms with Gasteiger partial charge in [0.15, 0.2) is 0 Å². The number of ether oxygens (including phenoxy) is 8. The third-order valence-electron chi connectivity index (χ3n) is 4.87. The van der Waals surface area contributed by atoms with Gasteiger partial charge in [0.05, 0.1) is 90.5 Å². The van der Waals surface area contributed by atoms with Gasteiger partial charge >= 0.3 is 5.97 Å². The molecule has 0 radical (unpaired) electrons. The van der Waals surface area contributed by atoms with Crippen LogP contribution in [0.4, 0.5) is 0 Å². The number of carbonyl (C=O) groups excluding carboxylic acids is 1. The zero-order valence-corrected chi connectivity index (χ0v) is 25.5. The first-order chi connectivity index (χ1) is 19.6. The van der Waals surface area contributed by atoms with Crippen LogP contribution >= 0.6 is 0 Å². The third kappa shape index (κ3) is 26.6. The molecule has 11 nitrogen and oxygen atoms in total. The highest BCUT2D eigenvalue weighted by molar-refractivity contribution is 5.86. The molecule has 1 aromatic rings. The van der Waals surface area contributed by atoms with Gasteiger partial charge in [-0.15, -0.1) is 0 Å². The fourth-order valence-electron chi connectivity index (χ4n) is 2.70. The molecule has 0 spiro atoms. The zero-order valence-electron chi connectivity index (χ0n) is 25.5. The van der Waals surface area contributed by atoms with E-state index in [1.807, 2.05) is 51.1 Å². The Balaban J connectivity index is 0.000000807. The summed E-state index contributed by atoms with van der Waals surface area (Å²) in [5.74, 6) is 0.437. The summed E-state index contributed by atoms with van der Waals surface area (Å²) >= 11 is 0. The van der Waals surface area contributed by atoms with Crippen molar-refractivity contribution in [2.24, 2.45) is 0 Å². The number of esters is 1. The Bertz CT molecular complexity index is 745. The molecular weight excluding hydrogens is 536 g/mol. The maximum Gasteiger partial charge on any atom is 0.333 e. The fourth-order valence-corrected chi connectivity index (χ4v) is 2.70. The number of hydrogen-bond acceptors (Lipinski definition) is 11. The van der Waals surface area contributed by atoms with Crippen LogP contribution in [0.5, 0.6) is 5.75 Å². The van der Waals surface area contributed by atoms with Gasteiger partial charge in [0.1, 0.15) is 19.0 Å². The van der Waals surface area contributed by atoms with Crippen molar-refractivity contribution in [1.29, 1.82) is 0 Å². The predicted octanol–water partition coefficient (Wildman–Crippen LogP) is 2.81. The van der Waals surface area contributed by atoms with E-state index in [0.29, 0.717) is 71.6 Å². The first kappa shape index (κ1) is 38.9. The predicted molar refractivity (Wildman–Crippen MR) is 155 cm³/mol. The second-order valence-corrected chi connectivity index (χ2v) is 9.38. The lowest BCUT2D eigenvalue weighted by molar-refractivity contribution is -0.140. The van der Waals surface area contributed by atoms with Crippen LogP contribution in [0.3, 0.4) is 0 Å². The Morgan fingerprint density at radius 2 is 1.20 bits per heavy atom. The molecule has 4 atom stereocenters. The quantitative estimate of drug-likeness (QED) is 0.105. The van der Waals surface area contributed by atoms with E-state index in [1.54, 1.807) is 13.8 Å². The van der Waals surface area contributed by atoms with Crippen LogP contribution in [0.2, 0.25) is 0 Å². The molecule has 41 heavy (non-hydrogen) atoms. The van der Waals surface area contributed by atoms with Crippen molar-refractivity contribution in [3.8, 4) is 5.75 Å². The Kier molecular flexibility index (Phi) is 25.4. The number of hydrogen-bond donors (Lipinski definition) is 2. The molecule has 0 heterocycles. The molecule has 0 amide bonds. The third-order valence-corrected chi connectivity index (χ3v) is 4.87. The van der Waals surface area contributed by atoms with Gasteiger partial charge in [-0.05, 0) is 46.8 Å². The minimum absolute atomic E-state index is 0.00910. The second-order valence-electron chi connectivity index (χ2n) is 9.38. The average molecular weight is 589 g/mol. The van der Waals surface area contributed by atoms with Crippen molar-refractivity contribution in [2.45, 2.75) is 59.0 Å². The number of para-hydroxylation sites is 1. The molecule has 0 saturated carbocycles. The van der Waals surface area contributed by atoms with Gasteiger partial charge in [0, 0.05) is 5.57 Å². The highest BCUT2D eigenvalue weighted by Crippen LogP contribution is 2.09. The lowest BCUT2D eigenvalue weighted by atomic mass is 10.3. The van der Waals surface area contributed by atoms with E-state index in [4.69, 9.17) is 48.1 Å². The van der Waals surface area contributed by atoms with Crippen LogP contribution in [0.15, 0.2) is 42.5 Å². The Labute approximate surface area is 245 Å². The van der Waals surface area contributed by atoms with Crippen LogP contribution in [-0.4, -0.2) is 120 Å². The lowest BCUT2D eigenvalue weighted by Gasteiger charge is -2.20. The normalized spacial score (nSPS) is 13.8. The summed E-state index contributed by atoms with van der Waals surface area (Å²) in [4.78, 5) is 11.0. The molecular formula is C30H52O11. The Morgan fingerprint density at radius 3 is 1.68 bits per heavy atom. The van der Waals surface area contributed by atoms with Gasteiger partial charge in [0.2, 0.25) is 0 Å². The number of rotatable bonds is 24. The van der Waals surface area contributed by atoms with Crippen molar-refractivity contribution < 1.29 is 52.9 Å². The van der Waals surface area contributed by atoms with E-state index in [2.05, 4.69) is 6.58 Å². The van der Waals surface area contributed by atoms with E-state index in [-0.39, 0.29) is 31.5 Å². The van der Waals surface area contributed by atoms with E-state index in [1.165, 1.54) is 0 Å². The summed E-state index contributed by atoms with van der Waals surface area (Å²) < 4.78 is 42.7. The Hall–Kier alpha value is -2.09. The van der Waals surface area contributed by atoms with Gasteiger partial charge in [-0.2, -0.15) is 0 Å². The number of aliphatic hydroxyl groups is 2. The van der Waals surface area contributed by atoms with E-state index in [9.17, 15) is 4.79 Å². The van der Waals surface area contributed by atoms with Gasteiger partial charge in [-0.1, -0.05) is 24.8 Å². The molecule has 0 aromatic heterocycles. The van der Waals surface area contributed by atoms with Crippen molar-refractivity contribution in [2.75, 3.05) is 79.3 Å². The maximum atomic E-state index is 11.0. The first-order valence-electron chi connectivity index (χ1n) is 14.0. The molecule has 1 aromatic carbocycles. The topological polar surface area (TPSA) is 131 Å². The summed E-state index contributed by atoms with van der Waals surface area (Å²) in [5.41, 5.74) is 0.376. The summed E-state index contributed by atoms with van der Waals surface area (Å²) in [6.07, 6.45) is -0.536. The highest BCUT2D eigenvalue weighted by atomic mass is 16.6. The minimum Gasteiger partial charge on any atom is -0.491 e. The van der Waals surface area contributed by atoms with Crippen LogP contribution in [0, 0.1) is 0 Å². The molecule has 1 rings (SSSR count). The second kappa shape index (κ2) is 26.8. The molecule has 238 valence electrons. The maximum absolute atomic E-state index is 11.0. The van der Waals surface area contributed by atoms with E-state index < -0.39 is 12.1 Å². The fraction of sp³-hybridized carbons (Fsp3) is 0.700. The number of aliphatic hydroxyl groups excluding tert-OH is 2. The van der Waals surface area contributed by atoms with Crippen LogP contribution < -0.4 is 4.74 Å². The van der Waals surface area contributed by atoms with Gasteiger partial charge in [0.25, 0.3) is 0 Å². The van der Waals surface area contributed by atoms with Gasteiger partial charge in [-0.3, -0.25) is 0 Å². The highest BCUT2D eigenvalue weighted by Gasteiger charge is 2.11. The first-order valence-corrected chi connectivity index (χ1v) is 14.0. The number of benzene rings is 1. The summed E-state index contributed by atoms with van der Waals surface area (Å²) in [7, 11) is 0. The molecule has 0 aliphatic heterocycles. The smallest absolute Gasteiger partial charge is 0.333 e. The largest absolute Gasteiger partial charge is 0.491 e. The molecule has 0 bridgehead atoms. The summed E-state index contributed by atoms with van der Waals surface area (Å²) in [5, 5.41) is 17.6. The van der Waals surface area contributed by atoms with Crippen molar-refractivity contribution in [1.82, 2.24) is 0 Å². The molecule has 4 unspecified atom stereocenters. The van der Waals surface area contributed by atoms with E-state index >= 15 is 0 Å². The molecule has 0 saturated heterocycles. The molecule has 2 N–H and O–H groups in total. The summed E-state index contributed by atoms with van der Waals surface area (Å²) in [6.45, 7) is 17.1. The molecule has 0 fully saturated rings. The van der Waals surface area contributed by atoms with Crippen molar-refractivity contribution in [3.05, 3.63) is 42.5 Å². The molecule has 0 aliphatic carbocycles. The number of carbonyl (C=O) groups is 1. The summed E-state index contributed by atoms with van der Waals surface area (Å²) in [6, 6.07) is 9.69. The monoisotopic (exact) mass is 588 g/mol.